The maximum absolute atomic E-state index is 13.5. The standard InChI is InChI=1S/C29H35N3O4/c1-3-25(27(34)30-22-12-4-5-13-22)32(19-21-11-8-10-20(2)18-21)26(33)16-9-17-31-28(35)23-14-6-7-15-24(23)29(31)36/h6-8,10-11,14-15,18,22,25H,3-5,9,12-13,16-17,19H2,1-2H3,(H,30,34). The van der Waals surface area contributed by atoms with Crippen LogP contribution in [-0.2, 0) is 16.1 Å². The molecule has 7 heteroatoms. The summed E-state index contributed by atoms with van der Waals surface area (Å²) in [5, 5.41) is 3.15. The number of hydrogen-bond acceptors (Lipinski definition) is 4. The Morgan fingerprint density at radius 1 is 1.03 bits per heavy atom. The van der Waals surface area contributed by atoms with Crippen molar-refractivity contribution in [3.63, 3.8) is 0 Å². The second-order valence-electron chi connectivity index (χ2n) is 9.84. The van der Waals surface area contributed by atoms with Gasteiger partial charge in [0.2, 0.25) is 11.8 Å². The molecule has 4 rings (SSSR count). The molecule has 1 heterocycles. The first kappa shape index (κ1) is 25.6. The molecule has 1 aliphatic carbocycles. The number of nitrogens with zero attached hydrogens (tertiary/aromatic N) is 2. The van der Waals surface area contributed by atoms with Crippen LogP contribution in [0, 0.1) is 6.92 Å². The van der Waals surface area contributed by atoms with Crippen molar-refractivity contribution < 1.29 is 19.2 Å². The van der Waals surface area contributed by atoms with Gasteiger partial charge in [-0.3, -0.25) is 24.1 Å². The van der Waals surface area contributed by atoms with Crippen molar-refractivity contribution in [1.29, 1.82) is 0 Å². The number of hydrogen-bond donors (Lipinski definition) is 1. The molecule has 0 radical (unpaired) electrons. The summed E-state index contributed by atoms with van der Waals surface area (Å²) >= 11 is 0. The van der Waals surface area contributed by atoms with Crippen molar-refractivity contribution in [3.05, 3.63) is 70.8 Å². The van der Waals surface area contributed by atoms with Crippen LogP contribution in [0.5, 0.6) is 0 Å². The molecule has 36 heavy (non-hydrogen) atoms. The van der Waals surface area contributed by atoms with E-state index in [1.165, 1.54) is 4.90 Å². The minimum Gasteiger partial charge on any atom is -0.352 e. The van der Waals surface area contributed by atoms with Crippen LogP contribution in [0.1, 0.15) is 83.7 Å². The van der Waals surface area contributed by atoms with Crippen LogP contribution in [-0.4, -0.2) is 52.1 Å². The summed E-state index contributed by atoms with van der Waals surface area (Å²) in [6.07, 6.45) is 5.19. The molecule has 190 valence electrons. The normalized spacial score (nSPS) is 16.2. The van der Waals surface area contributed by atoms with Gasteiger partial charge < -0.3 is 10.2 Å². The van der Waals surface area contributed by atoms with Crippen molar-refractivity contribution in [3.8, 4) is 0 Å². The van der Waals surface area contributed by atoms with Crippen molar-refractivity contribution >= 4 is 23.6 Å². The van der Waals surface area contributed by atoms with Crippen molar-refractivity contribution in [2.75, 3.05) is 6.54 Å². The third kappa shape index (κ3) is 5.66. The Balaban J connectivity index is 1.44. The number of nitrogens with one attached hydrogen (secondary N) is 1. The first-order valence-electron chi connectivity index (χ1n) is 13.0. The lowest BCUT2D eigenvalue weighted by molar-refractivity contribution is -0.141. The lowest BCUT2D eigenvalue weighted by Gasteiger charge is -2.32. The van der Waals surface area contributed by atoms with Gasteiger partial charge in [-0.05, 0) is 50.3 Å². The fourth-order valence-electron chi connectivity index (χ4n) is 5.27. The van der Waals surface area contributed by atoms with Crippen molar-refractivity contribution in [1.82, 2.24) is 15.1 Å². The highest BCUT2D eigenvalue weighted by Crippen LogP contribution is 2.23. The average molecular weight is 490 g/mol. The van der Waals surface area contributed by atoms with Gasteiger partial charge in [-0.1, -0.05) is 61.7 Å². The van der Waals surface area contributed by atoms with Crippen LogP contribution >= 0.6 is 0 Å². The molecule has 1 N–H and O–H groups in total. The molecule has 0 spiro atoms. The summed E-state index contributed by atoms with van der Waals surface area (Å²) in [5.74, 6) is -0.892. The summed E-state index contributed by atoms with van der Waals surface area (Å²) in [7, 11) is 0. The maximum Gasteiger partial charge on any atom is 0.261 e. The topological polar surface area (TPSA) is 86.8 Å². The molecule has 2 aliphatic rings. The Kier molecular flexibility index (Phi) is 8.18. The first-order chi connectivity index (χ1) is 17.4. The SMILES string of the molecule is CCC(C(=O)NC1CCCC1)N(Cc1cccc(C)c1)C(=O)CCCN1C(=O)c2ccccc2C1=O. The van der Waals surface area contributed by atoms with Crippen molar-refractivity contribution in [2.24, 2.45) is 0 Å². The Morgan fingerprint density at radius 2 is 1.69 bits per heavy atom. The average Bonchev–Trinajstić information content (AvgIpc) is 3.46. The zero-order chi connectivity index (χ0) is 25.7. The molecule has 0 aromatic heterocycles. The van der Waals surface area contributed by atoms with Crippen LogP contribution < -0.4 is 5.32 Å². The molecule has 1 saturated carbocycles. The predicted molar refractivity (Wildman–Crippen MR) is 137 cm³/mol. The number of amides is 4. The number of imide groups is 1. The number of carbonyl (C=O) groups is 4. The van der Waals surface area contributed by atoms with Crippen LogP contribution in [0.4, 0.5) is 0 Å². The van der Waals surface area contributed by atoms with E-state index in [4.69, 9.17) is 0 Å². The van der Waals surface area contributed by atoms with Crippen LogP contribution in [0.25, 0.3) is 0 Å². The first-order valence-corrected chi connectivity index (χ1v) is 13.0. The Morgan fingerprint density at radius 3 is 2.31 bits per heavy atom. The Hall–Kier alpha value is -3.48. The smallest absolute Gasteiger partial charge is 0.261 e. The zero-order valence-electron chi connectivity index (χ0n) is 21.2. The lowest BCUT2D eigenvalue weighted by Crippen LogP contribution is -2.51. The zero-order valence-corrected chi connectivity index (χ0v) is 21.2. The monoisotopic (exact) mass is 489 g/mol. The fraction of sp³-hybridized carbons (Fsp3) is 0.448. The van der Waals surface area contributed by atoms with Crippen molar-refractivity contribution in [2.45, 2.75) is 77.4 Å². The number of benzene rings is 2. The molecule has 1 fully saturated rings. The van der Waals surface area contributed by atoms with E-state index in [2.05, 4.69) is 5.32 Å². The maximum atomic E-state index is 13.5. The summed E-state index contributed by atoms with van der Waals surface area (Å²) < 4.78 is 0. The predicted octanol–water partition coefficient (Wildman–Crippen LogP) is 4.24. The largest absolute Gasteiger partial charge is 0.352 e. The number of aryl methyl sites for hydroxylation is 1. The minimum atomic E-state index is -0.571. The molecule has 4 amide bonds. The van der Waals surface area contributed by atoms with E-state index >= 15 is 0 Å². The fourth-order valence-corrected chi connectivity index (χ4v) is 5.27. The third-order valence-electron chi connectivity index (χ3n) is 7.17. The van der Waals surface area contributed by atoms with E-state index in [0.717, 1.165) is 36.8 Å². The van der Waals surface area contributed by atoms with E-state index in [0.29, 0.717) is 30.5 Å². The molecule has 1 aliphatic heterocycles. The molecule has 2 aromatic rings. The summed E-state index contributed by atoms with van der Waals surface area (Å²) in [5.41, 5.74) is 2.87. The number of fused-ring (bicyclic) bond motifs is 1. The molecule has 0 saturated heterocycles. The number of carbonyl (C=O) groups excluding carboxylic acids is 4. The van der Waals surface area contributed by atoms with Gasteiger partial charge in [-0.25, -0.2) is 0 Å². The lowest BCUT2D eigenvalue weighted by atomic mass is 10.1. The number of rotatable bonds is 10. The molecular weight excluding hydrogens is 454 g/mol. The third-order valence-corrected chi connectivity index (χ3v) is 7.17. The second kappa shape index (κ2) is 11.5. The van der Waals surface area contributed by atoms with Gasteiger partial charge in [0.1, 0.15) is 6.04 Å². The van der Waals surface area contributed by atoms with Crippen LogP contribution in [0.2, 0.25) is 0 Å². The van der Waals surface area contributed by atoms with Gasteiger partial charge in [0.25, 0.3) is 11.8 Å². The highest BCUT2D eigenvalue weighted by atomic mass is 16.2. The van der Waals surface area contributed by atoms with Gasteiger partial charge in [-0.2, -0.15) is 0 Å². The molecule has 1 unspecified atom stereocenters. The highest BCUT2D eigenvalue weighted by Gasteiger charge is 2.35. The molecule has 0 bridgehead atoms. The van der Waals surface area contributed by atoms with Crippen LogP contribution in [0.15, 0.2) is 48.5 Å². The molecular formula is C29H35N3O4. The van der Waals surface area contributed by atoms with E-state index < -0.39 is 6.04 Å². The van der Waals surface area contributed by atoms with Gasteiger partial charge >= 0.3 is 0 Å². The second-order valence-corrected chi connectivity index (χ2v) is 9.84. The minimum absolute atomic E-state index is 0.106. The van der Waals surface area contributed by atoms with Gasteiger partial charge in [0, 0.05) is 25.6 Å². The highest BCUT2D eigenvalue weighted by molar-refractivity contribution is 6.21. The quantitative estimate of drug-likeness (QED) is 0.506. The summed E-state index contributed by atoms with van der Waals surface area (Å²) in [6, 6.07) is 14.3. The van der Waals surface area contributed by atoms with E-state index in [1.54, 1.807) is 29.2 Å². The summed E-state index contributed by atoms with van der Waals surface area (Å²) in [4.78, 5) is 54.9. The summed E-state index contributed by atoms with van der Waals surface area (Å²) in [6.45, 7) is 4.43. The van der Waals surface area contributed by atoms with Crippen LogP contribution in [0.3, 0.4) is 0 Å². The Bertz CT molecular complexity index is 1100. The van der Waals surface area contributed by atoms with Gasteiger partial charge in [-0.15, -0.1) is 0 Å². The van der Waals surface area contributed by atoms with Gasteiger partial charge in [0.05, 0.1) is 11.1 Å². The molecule has 7 nitrogen and oxygen atoms in total. The van der Waals surface area contributed by atoms with Gasteiger partial charge in [0.15, 0.2) is 0 Å². The molecule has 2 aromatic carbocycles. The van der Waals surface area contributed by atoms with E-state index in [9.17, 15) is 19.2 Å². The van der Waals surface area contributed by atoms with E-state index in [-0.39, 0.29) is 42.6 Å². The Labute approximate surface area is 212 Å². The van der Waals surface area contributed by atoms with E-state index in [1.807, 2.05) is 38.1 Å². The molecule has 1 atom stereocenters.